The molecule has 17 nitrogen and oxygen atoms in total. The number of carbonyl (C=O) groups is 4. The molecule has 0 aliphatic rings. The lowest BCUT2D eigenvalue weighted by Crippen LogP contribution is -2.30. The molecule has 4 unspecified atom stereocenters. The molecule has 19 heteroatoms. The van der Waals surface area contributed by atoms with Gasteiger partial charge in [0.1, 0.15) is 19.3 Å². The average Bonchev–Trinajstić information content (AvgIpc) is 0.962. The van der Waals surface area contributed by atoms with Crippen LogP contribution < -0.4 is 0 Å². The van der Waals surface area contributed by atoms with Crippen molar-refractivity contribution in [1.82, 2.24) is 0 Å². The second-order valence-corrected chi connectivity index (χ2v) is 34.3. The minimum absolute atomic E-state index is 0.108. The van der Waals surface area contributed by atoms with Crippen LogP contribution in [0.1, 0.15) is 459 Å². The summed E-state index contributed by atoms with van der Waals surface area (Å²) >= 11 is 0. The third kappa shape index (κ3) is 77.2. The van der Waals surface area contributed by atoms with E-state index < -0.39 is 97.5 Å². The number of rotatable bonds is 85. The largest absolute Gasteiger partial charge is 0.472 e. The molecule has 0 saturated carbocycles. The molecule has 0 aromatic rings. The standard InChI is InChI=1S/C86H168O17P2/c1-7-11-13-15-17-19-21-22-23-24-25-26-34-40-46-52-58-64-70-85(90)102-81(74-96-83(88)68-62-56-50-44-36-20-18-16-14-12-8-2)76-100-104(92,93)98-72-80(87)73-99-105(94,95)101-77-82(103-86(91)71-65-59-53-47-41-35-30-28-32-38-43-49-55-61-67-79(6)10-4)75-97-84(89)69-63-57-51-45-39-33-29-27-31-37-42-48-54-60-66-78(5)9-3/h78-82,87H,7-77H2,1-6H3,(H,92,93)(H,94,95)/t78?,79?,80-,81+,82+/m0/s1. The number of phosphoric acid groups is 2. The molecule has 0 aromatic carbocycles. The lowest BCUT2D eigenvalue weighted by molar-refractivity contribution is -0.161. The lowest BCUT2D eigenvalue weighted by Gasteiger charge is -2.21. The van der Waals surface area contributed by atoms with Crippen LogP contribution >= 0.6 is 15.6 Å². The molecule has 105 heavy (non-hydrogen) atoms. The Balaban J connectivity index is 5.25. The van der Waals surface area contributed by atoms with Crippen LogP contribution in [-0.4, -0.2) is 96.7 Å². The highest BCUT2D eigenvalue weighted by atomic mass is 31.2. The minimum Gasteiger partial charge on any atom is -0.462 e. The molecular weight excluding hydrogens is 1370 g/mol. The fourth-order valence-corrected chi connectivity index (χ4v) is 14.9. The Hall–Kier alpha value is -1.94. The number of hydrogen-bond acceptors (Lipinski definition) is 15. The van der Waals surface area contributed by atoms with E-state index in [1.54, 1.807) is 0 Å². The highest BCUT2D eigenvalue weighted by molar-refractivity contribution is 7.47. The predicted octanol–water partition coefficient (Wildman–Crippen LogP) is 26.2. The number of esters is 4. The van der Waals surface area contributed by atoms with Gasteiger partial charge in [-0.2, -0.15) is 0 Å². The van der Waals surface area contributed by atoms with E-state index in [0.717, 1.165) is 102 Å². The summed E-state index contributed by atoms with van der Waals surface area (Å²) in [5.41, 5.74) is 0. The van der Waals surface area contributed by atoms with Crippen molar-refractivity contribution in [2.45, 2.75) is 477 Å². The van der Waals surface area contributed by atoms with Crippen molar-refractivity contribution < 1.29 is 80.2 Å². The molecule has 7 atom stereocenters. The number of phosphoric ester groups is 2. The fraction of sp³-hybridized carbons (Fsp3) is 0.953. The summed E-state index contributed by atoms with van der Waals surface area (Å²) < 4.78 is 68.9. The maximum absolute atomic E-state index is 13.1. The normalized spacial score (nSPS) is 14.3. The molecule has 624 valence electrons. The van der Waals surface area contributed by atoms with Crippen LogP contribution in [0.3, 0.4) is 0 Å². The molecule has 0 saturated heterocycles. The average molecular weight is 1540 g/mol. The van der Waals surface area contributed by atoms with Gasteiger partial charge in [-0.15, -0.1) is 0 Å². The van der Waals surface area contributed by atoms with E-state index in [1.807, 2.05) is 0 Å². The van der Waals surface area contributed by atoms with Gasteiger partial charge in [0.05, 0.1) is 26.4 Å². The van der Waals surface area contributed by atoms with Crippen molar-refractivity contribution in [1.29, 1.82) is 0 Å². The molecule has 0 aromatic heterocycles. The number of aliphatic hydroxyl groups is 1. The molecule has 0 amide bonds. The van der Waals surface area contributed by atoms with Gasteiger partial charge in [-0.1, -0.05) is 408 Å². The maximum atomic E-state index is 13.1. The summed E-state index contributed by atoms with van der Waals surface area (Å²) in [4.78, 5) is 73.2. The smallest absolute Gasteiger partial charge is 0.462 e. The van der Waals surface area contributed by atoms with Crippen LogP contribution in [0.2, 0.25) is 0 Å². The van der Waals surface area contributed by atoms with Gasteiger partial charge < -0.3 is 33.8 Å². The molecule has 0 fully saturated rings. The zero-order chi connectivity index (χ0) is 77.1. The van der Waals surface area contributed by atoms with Crippen molar-refractivity contribution >= 4 is 39.5 Å². The highest BCUT2D eigenvalue weighted by Crippen LogP contribution is 2.45. The molecule has 0 rings (SSSR count). The molecule has 0 bridgehead atoms. The number of hydrogen-bond donors (Lipinski definition) is 3. The summed E-state index contributed by atoms with van der Waals surface area (Å²) in [5.74, 6) is -0.404. The first-order valence-corrected chi connectivity index (χ1v) is 47.6. The molecule has 3 N–H and O–H groups in total. The third-order valence-corrected chi connectivity index (χ3v) is 22.8. The van der Waals surface area contributed by atoms with E-state index in [4.69, 9.17) is 37.0 Å². The first-order valence-electron chi connectivity index (χ1n) is 44.6. The summed E-state index contributed by atoms with van der Waals surface area (Å²) in [6, 6.07) is 0. The van der Waals surface area contributed by atoms with Crippen LogP contribution in [0.25, 0.3) is 0 Å². The van der Waals surface area contributed by atoms with E-state index in [0.29, 0.717) is 25.7 Å². The van der Waals surface area contributed by atoms with Gasteiger partial charge in [0.15, 0.2) is 12.2 Å². The van der Waals surface area contributed by atoms with E-state index in [1.165, 1.54) is 276 Å². The zero-order valence-electron chi connectivity index (χ0n) is 69.0. The molecular formula is C86H168O17P2. The molecule has 0 heterocycles. The van der Waals surface area contributed by atoms with Gasteiger partial charge in [0.25, 0.3) is 0 Å². The Kier molecular flexibility index (Phi) is 76.0. The van der Waals surface area contributed by atoms with E-state index in [-0.39, 0.29) is 25.7 Å². The Morgan fingerprint density at radius 1 is 0.267 bits per heavy atom. The van der Waals surface area contributed by atoms with Gasteiger partial charge in [-0.3, -0.25) is 37.3 Å². The van der Waals surface area contributed by atoms with Crippen LogP contribution in [0.5, 0.6) is 0 Å². The minimum atomic E-state index is -4.97. The van der Waals surface area contributed by atoms with Crippen molar-refractivity contribution in [3.05, 3.63) is 0 Å². The first-order chi connectivity index (χ1) is 50.9. The predicted molar refractivity (Wildman–Crippen MR) is 432 cm³/mol. The van der Waals surface area contributed by atoms with Gasteiger partial charge >= 0.3 is 39.5 Å². The lowest BCUT2D eigenvalue weighted by atomic mass is 9.99. The zero-order valence-corrected chi connectivity index (χ0v) is 70.8. The third-order valence-electron chi connectivity index (χ3n) is 20.9. The van der Waals surface area contributed by atoms with Gasteiger partial charge in [-0.25, -0.2) is 9.13 Å². The van der Waals surface area contributed by atoms with Crippen molar-refractivity contribution in [2.75, 3.05) is 39.6 Å². The van der Waals surface area contributed by atoms with Gasteiger partial charge in [0.2, 0.25) is 0 Å². The van der Waals surface area contributed by atoms with Crippen LogP contribution in [0.4, 0.5) is 0 Å². The fourth-order valence-electron chi connectivity index (χ4n) is 13.4. The second kappa shape index (κ2) is 77.4. The number of carbonyl (C=O) groups excluding carboxylic acids is 4. The molecule has 0 aliphatic carbocycles. The second-order valence-electron chi connectivity index (χ2n) is 31.4. The van der Waals surface area contributed by atoms with Crippen LogP contribution in [-0.2, 0) is 65.4 Å². The van der Waals surface area contributed by atoms with Crippen molar-refractivity contribution in [3.63, 3.8) is 0 Å². The van der Waals surface area contributed by atoms with E-state index in [2.05, 4.69) is 41.5 Å². The quantitative estimate of drug-likeness (QED) is 0.0222. The Bertz CT molecular complexity index is 2010. The Morgan fingerprint density at radius 2 is 0.457 bits per heavy atom. The number of unbranched alkanes of at least 4 members (excludes halogenated alkanes) is 53. The summed E-state index contributed by atoms with van der Waals surface area (Å²) in [6.45, 7) is 9.78. The van der Waals surface area contributed by atoms with E-state index >= 15 is 0 Å². The number of ether oxygens (including phenoxy) is 4. The Labute approximate surface area is 645 Å². The SMILES string of the molecule is CCCCCCCCCCCCCCCCCCCCC(=O)O[C@H](COC(=O)CCCCCCCCCCCCC)COP(=O)(O)OC[C@H](O)COP(=O)(O)OC[C@@H](COC(=O)CCCCCCCCCCCCCCCCC(C)CC)OC(=O)CCCCCCCCCCCCCCCCC(C)CC. The summed E-state index contributed by atoms with van der Waals surface area (Å²) in [6.07, 6.45) is 69.1. The molecule has 0 radical (unpaired) electrons. The van der Waals surface area contributed by atoms with Gasteiger partial charge in [-0.05, 0) is 37.5 Å². The van der Waals surface area contributed by atoms with Crippen molar-refractivity contribution in [2.24, 2.45) is 11.8 Å². The maximum Gasteiger partial charge on any atom is 0.472 e. The first kappa shape index (κ1) is 103. The summed E-state index contributed by atoms with van der Waals surface area (Å²) in [7, 11) is -9.93. The molecule has 0 aliphatic heterocycles. The van der Waals surface area contributed by atoms with Crippen molar-refractivity contribution in [3.8, 4) is 0 Å². The monoisotopic (exact) mass is 1540 g/mol. The summed E-state index contributed by atoms with van der Waals surface area (Å²) in [5, 5.41) is 10.7. The van der Waals surface area contributed by atoms with Crippen LogP contribution in [0.15, 0.2) is 0 Å². The molecule has 0 spiro atoms. The van der Waals surface area contributed by atoms with Crippen LogP contribution in [0, 0.1) is 11.8 Å². The highest BCUT2D eigenvalue weighted by Gasteiger charge is 2.30. The topological polar surface area (TPSA) is 237 Å². The number of aliphatic hydroxyl groups excluding tert-OH is 1. The van der Waals surface area contributed by atoms with Gasteiger partial charge in [0, 0.05) is 25.7 Å². The Morgan fingerprint density at radius 3 is 0.676 bits per heavy atom. The van der Waals surface area contributed by atoms with E-state index in [9.17, 15) is 43.2 Å².